The monoisotopic (exact) mass is 268 g/mol. The first kappa shape index (κ1) is 10.2. The lowest BCUT2D eigenvalue weighted by Crippen LogP contribution is -2.02. The van der Waals surface area contributed by atoms with Crippen LogP contribution in [0.1, 0.15) is 17.5 Å². The van der Waals surface area contributed by atoms with Gasteiger partial charge < -0.3 is 9.15 Å². The molecule has 0 aliphatic rings. The topological polar surface area (TPSA) is 39.4 Å². The second kappa shape index (κ2) is 4.06. The van der Waals surface area contributed by atoms with Crippen LogP contribution in [-0.4, -0.2) is 12.6 Å². The van der Waals surface area contributed by atoms with Crippen molar-refractivity contribution in [3.8, 4) is 0 Å². The number of ether oxygens (including phenoxy) is 1. The molecule has 0 bridgehead atoms. The van der Waals surface area contributed by atoms with Crippen molar-refractivity contribution in [2.75, 3.05) is 6.61 Å². The minimum atomic E-state index is -0.430. The van der Waals surface area contributed by atoms with Gasteiger partial charge >= 0.3 is 5.97 Å². The van der Waals surface area contributed by atoms with Crippen LogP contribution < -0.4 is 0 Å². The zero-order valence-electron chi connectivity index (χ0n) is 8.12. The molecule has 0 aliphatic heterocycles. The van der Waals surface area contributed by atoms with Crippen molar-refractivity contribution in [1.29, 1.82) is 0 Å². The molecule has 1 aromatic carbocycles. The molecular formula is C11H9BrO3. The Bertz CT molecular complexity index is 502. The van der Waals surface area contributed by atoms with E-state index in [0.29, 0.717) is 12.2 Å². The van der Waals surface area contributed by atoms with Crippen molar-refractivity contribution in [3.05, 3.63) is 34.5 Å². The van der Waals surface area contributed by atoms with E-state index >= 15 is 0 Å². The number of hydrogen-bond acceptors (Lipinski definition) is 3. The van der Waals surface area contributed by atoms with Crippen molar-refractivity contribution in [2.24, 2.45) is 0 Å². The number of halogens is 1. The lowest BCUT2D eigenvalue weighted by molar-refractivity contribution is 0.0492. The number of hydrogen-bond donors (Lipinski definition) is 0. The van der Waals surface area contributed by atoms with Gasteiger partial charge in [-0.05, 0) is 35.0 Å². The summed E-state index contributed by atoms with van der Waals surface area (Å²) >= 11 is 3.35. The van der Waals surface area contributed by atoms with Gasteiger partial charge in [0.15, 0.2) is 0 Å². The van der Waals surface area contributed by atoms with Crippen LogP contribution in [0.25, 0.3) is 11.0 Å². The van der Waals surface area contributed by atoms with E-state index in [1.165, 1.54) is 0 Å². The fraction of sp³-hybridized carbons (Fsp3) is 0.182. The maximum absolute atomic E-state index is 11.4. The molecule has 0 radical (unpaired) electrons. The van der Waals surface area contributed by atoms with E-state index in [9.17, 15) is 4.79 Å². The molecule has 2 aromatic rings. The number of carbonyl (C=O) groups excluding carboxylic acids is 1. The molecular weight excluding hydrogens is 260 g/mol. The van der Waals surface area contributed by atoms with Crippen LogP contribution in [0.5, 0.6) is 0 Å². The zero-order chi connectivity index (χ0) is 10.8. The van der Waals surface area contributed by atoms with Crippen LogP contribution in [0.15, 0.2) is 33.2 Å². The van der Waals surface area contributed by atoms with Gasteiger partial charge in [-0.25, -0.2) is 4.79 Å². The number of benzene rings is 1. The summed E-state index contributed by atoms with van der Waals surface area (Å²) in [6.45, 7) is 2.10. The molecule has 3 nitrogen and oxygen atoms in total. The van der Waals surface area contributed by atoms with E-state index in [-0.39, 0.29) is 5.76 Å². The van der Waals surface area contributed by atoms with Crippen LogP contribution in [-0.2, 0) is 4.74 Å². The average Bonchev–Trinajstić information content (AvgIpc) is 2.63. The predicted molar refractivity (Wildman–Crippen MR) is 59.9 cm³/mol. The number of esters is 1. The maximum Gasteiger partial charge on any atom is 0.374 e. The summed E-state index contributed by atoms with van der Waals surface area (Å²) in [6, 6.07) is 7.31. The first-order chi connectivity index (χ1) is 7.22. The predicted octanol–water partition coefficient (Wildman–Crippen LogP) is 3.37. The van der Waals surface area contributed by atoms with Gasteiger partial charge in [0.25, 0.3) is 0 Å². The van der Waals surface area contributed by atoms with Gasteiger partial charge in [0.2, 0.25) is 5.76 Å². The van der Waals surface area contributed by atoms with E-state index in [4.69, 9.17) is 9.15 Å². The van der Waals surface area contributed by atoms with Crippen LogP contribution >= 0.6 is 15.9 Å². The maximum atomic E-state index is 11.4. The van der Waals surface area contributed by atoms with E-state index < -0.39 is 5.97 Å². The highest BCUT2D eigenvalue weighted by Gasteiger charge is 2.13. The van der Waals surface area contributed by atoms with E-state index in [1.807, 2.05) is 18.2 Å². The second-order valence-electron chi connectivity index (χ2n) is 2.99. The number of furan rings is 1. The van der Waals surface area contributed by atoms with E-state index in [1.54, 1.807) is 13.0 Å². The number of fused-ring (bicyclic) bond motifs is 1. The molecule has 0 unspecified atom stereocenters. The lowest BCUT2D eigenvalue weighted by atomic mass is 10.2. The minimum Gasteiger partial charge on any atom is -0.460 e. The van der Waals surface area contributed by atoms with Crippen molar-refractivity contribution in [1.82, 2.24) is 0 Å². The second-order valence-corrected chi connectivity index (χ2v) is 3.84. The fourth-order valence-corrected chi connectivity index (χ4v) is 1.79. The summed E-state index contributed by atoms with van der Waals surface area (Å²) in [7, 11) is 0. The zero-order valence-corrected chi connectivity index (χ0v) is 9.71. The Labute approximate surface area is 95.1 Å². The fourth-order valence-electron chi connectivity index (χ4n) is 1.33. The molecule has 4 heteroatoms. The van der Waals surface area contributed by atoms with Crippen LogP contribution in [0.3, 0.4) is 0 Å². The summed E-state index contributed by atoms with van der Waals surface area (Å²) in [5, 5.41) is 0.882. The summed E-state index contributed by atoms with van der Waals surface area (Å²) in [6.07, 6.45) is 0. The first-order valence-corrected chi connectivity index (χ1v) is 5.37. The van der Waals surface area contributed by atoms with Gasteiger partial charge in [-0.2, -0.15) is 0 Å². The first-order valence-electron chi connectivity index (χ1n) is 4.57. The van der Waals surface area contributed by atoms with Gasteiger partial charge in [0.05, 0.1) is 11.1 Å². The summed E-state index contributed by atoms with van der Waals surface area (Å²) in [5.41, 5.74) is 0.667. The quantitative estimate of drug-likeness (QED) is 0.784. The van der Waals surface area contributed by atoms with E-state index in [0.717, 1.165) is 9.86 Å². The van der Waals surface area contributed by atoms with Gasteiger partial charge in [0.1, 0.15) is 5.58 Å². The molecule has 0 fully saturated rings. The van der Waals surface area contributed by atoms with Crippen molar-refractivity contribution >= 4 is 32.9 Å². The Morgan fingerprint density at radius 2 is 2.33 bits per heavy atom. The number of rotatable bonds is 2. The van der Waals surface area contributed by atoms with Gasteiger partial charge in [0, 0.05) is 5.39 Å². The SMILES string of the molecule is CCOC(=O)c1cc2cccc(Br)c2o1. The third-order valence-electron chi connectivity index (χ3n) is 1.97. The van der Waals surface area contributed by atoms with Gasteiger partial charge in [-0.1, -0.05) is 12.1 Å². The molecule has 0 amide bonds. The van der Waals surface area contributed by atoms with E-state index in [2.05, 4.69) is 15.9 Å². The third-order valence-corrected chi connectivity index (χ3v) is 2.60. The molecule has 78 valence electrons. The molecule has 0 atom stereocenters. The molecule has 0 aliphatic carbocycles. The summed E-state index contributed by atoms with van der Waals surface area (Å²) in [4.78, 5) is 11.4. The Morgan fingerprint density at radius 1 is 1.53 bits per heavy atom. The number of carbonyl (C=O) groups is 1. The highest BCUT2D eigenvalue weighted by Crippen LogP contribution is 2.27. The lowest BCUT2D eigenvalue weighted by Gasteiger charge is -1.95. The van der Waals surface area contributed by atoms with Crippen molar-refractivity contribution < 1.29 is 13.9 Å². The molecule has 1 aromatic heterocycles. The number of para-hydroxylation sites is 1. The highest BCUT2D eigenvalue weighted by molar-refractivity contribution is 9.10. The average molecular weight is 269 g/mol. The standard InChI is InChI=1S/C11H9BrO3/c1-2-14-11(13)9-6-7-4-3-5-8(12)10(7)15-9/h3-6H,2H2,1H3. The van der Waals surface area contributed by atoms with Gasteiger partial charge in [-0.3, -0.25) is 0 Å². The Kier molecular flexibility index (Phi) is 2.77. The third kappa shape index (κ3) is 1.90. The molecule has 0 spiro atoms. The Morgan fingerprint density at radius 3 is 3.00 bits per heavy atom. The molecule has 0 saturated heterocycles. The Balaban J connectivity index is 2.47. The van der Waals surface area contributed by atoms with Crippen LogP contribution in [0, 0.1) is 0 Å². The molecule has 1 heterocycles. The molecule has 0 N–H and O–H groups in total. The van der Waals surface area contributed by atoms with Crippen LogP contribution in [0.4, 0.5) is 0 Å². The normalized spacial score (nSPS) is 10.5. The summed E-state index contributed by atoms with van der Waals surface area (Å²) in [5.74, 6) is -0.195. The Hall–Kier alpha value is -1.29. The summed E-state index contributed by atoms with van der Waals surface area (Å²) < 4.78 is 11.1. The minimum absolute atomic E-state index is 0.235. The molecule has 0 saturated carbocycles. The van der Waals surface area contributed by atoms with Crippen molar-refractivity contribution in [3.63, 3.8) is 0 Å². The highest BCUT2D eigenvalue weighted by atomic mass is 79.9. The van der Waals surface area contributed by atoms with Gasteiger partial charge in [-0.15, -0.1) is 0 Å². The molecule has 15 heavy (non-hydrogen) atoms. The largest absolute Gasteiger partial charge is 0.460 e. The van der Waals surface area contributed by atoms with Crippen LogP contribution in [0.2, 0.25) is 0 Å². The smallest absolute Gasteiger partial charge is 0.374 e. The molecule has 2 rings (SSSR count). The van der Waals surface area contributed by atoms with Crippen molar-refractivity contribution in [2.45, 2.75) is 6.92 Å².